The minimum Gasteiger partial charge on any atom is -0.468 e. The summed E-state index contributed by atoms with van der Waals surface area (Å²) in [6, 6.07) is 4.10. The number of hydrogen-bond donors (Lipinski definition) is 1. The summed E-state index contributed by atoms with van der Waals surface area (Å²) in [5, 5.41) is 3.11. The second-order valence-corrected chi connectivity index (χ2v) is 11.7. The zero-order valence-electron chi connectivity index (χ0n) is 26.0. The molecule has 9 nitrogen and oxygen atoms in total. The molecule has 226 valence electrons. The van der Waals surface area contributed by atoms with Crippen LogP contribution >= 0.6 is 0 Å². The molecule has 0 fully saturated rings. The van der Waals surface area contributed by atoms with Crippen molar-refractivity contribution in [3.8, 4) is 11.5 Å². The van der Waals surface area contributed by atoms with E-state index in [0.29, 0.717) is 24.8 Å². The van der Waals surface area contributed by atoms with Crippen molar-refractivity contribution in [2.45, 2.75) is 107 Å². The maximum absolute atomic E-state index is 12.9. The van der Waals surface area contributed by atoms with Gasteiger partial charge in [0.05, 0.1) is 17.9 Å². The minimum atomic E-state index is -0.760. The molecular weight excluding hydrogens is 514 g/mol. The second kappa shape index (κ2) is 15.7. The maximum atomic E-state index is 12.9. The average Bonchev–Trinajstić information content (AvgIpc) is 2.91. The molecule has 0 aliphatic carbocycles. The van der Waals surface area contributed by atoms with Gasteiger partial charge < -0.3 is 24.3 Å². The van der Waals surface area contributed by atoms with Gasteiger partial charge in [0.25, 0.3) is 0 Å². The van der Waals surface area contributed by atoms with Crippen LogP contribution in [0, 0.1) is 16.7 Å². The standard InChI is InChI=1S/C31H49NO8/c1-11-20(4)16-26(33)38-21(5)19-32-23(27(34)37-10)17-22-14-15-24(39-28(35)30(6,7)12-2)25(18-22)40-29(36)31(8,9)13-3/h14-15,18,20-21,23,32H,11-13,16-17,19H2,1-10H3/t20?,21?,23-/m0/s1. The van der Waals surface area contributed by atoms with E-state index >= 15 is 0 Å². The van der Waals surface area contributed by atoms with E-state index in [0.717, 1.165) is 6.42 Å². The lowest BCUT2D eigenvalue weighted by Gasteiger charge is -2.24. The molecule has 0 amide bonds. The lowest BCUT2D eigenvalue weighted by atomic mass is 9.90. The highest BCUT2D eigenvalue weighted by Gasteiger charge is 2.32. The molecule has 9 heteroatoms. The fraction of sp³-hybridized carbons (Fsp3) is 0.677. The third-order valence-electron chi connectivity index (χ3n) is 7.41. The van der Waals surface area contributed by atoms with E-state index in [9.17, 15) is 19.2 Å². The number of nitrogens with one attached hydrogen (secondary N) is 1. The van der Waals surface area contributed by atoms with Gasteiger partial charge in [0.15, 0.2) is 11.5 Å². The van der Waals surface area contributed by atoms with Crippen molar-refractivity contribution in [2.24, 2.45) is 16.7 Å². The summed E-state index contributed by atoms with van der Waals surface area (Å²) in [5.41, 5.74) is -0.827. The Morgan fingerprint density at radius 2 is 1.43 bits per heavy atom. The first-order chi connectivity index (χ1) is 18.6. The van der Waals surface area contributed by atoms with Crippen molar-refractivity contribution >= 4 is 23.9 Å². The van der Waals surface area contributed by atoms with Crippen LogP contribution < -0.4 is 14.8 Å². The third-order valence-corrected chi connectivity index (χ3v) is 7.41. The van der Waals surface area contributed by atoms with Gasteiger partial charge in [-0.05, 0) is 77.5 Å². The Hall–Kier alpha value is -2.94. The molecular formula is C31H49NO8. The van der Waals surface area contributed by atoms with Crippen molar-refractivity contribution < 1.29 is 38.1 Å². The minimum absolute atomic E-state index is 0.0974. The van der Waals surface area contributed by atoms with Gasteiger partial charge >= 0.3 is 23.9 Å². The molecule has 1 aromatic carbocycles. The van der Waals surface area contributed by atoms with Crippen LogP contribution in [-0.4, -0.2) is 49.7 Å². The molecule has 40 heavy (non-hydrogen) atoms. The predicted molar refractivity (Wildman–Crippen MR) is 153 cm³/mol. The van der Waals surface area contributed by atoms with E-state index in [-0.39, 0.29) is 36.4 Å². The maximum Gasteiger partial charge on any atom is 0.323 e. The molecule has 1 aromatic rings. The van der Waals surface area contributed by atoms with Gasteiger partial charge in [0, 0.05) is 13.0 Å². The molecule has 0 saturated heterocycles. The Balaban J connectivity index is 3.17. The lowest BCUT2D eigenvalue weighted by molar-refractivity contribution is -0.149. The predicted octanol–water partition coefficient (Wildman–Crippen LogP) is 5.41. The first kappa shape index (κ1) is 35.1. The molecule has 3 atom stereocenters. The van der Waals surface area contributed by atoms with E-state index < -0.39 is 40.9 Å². The molecule has 1 rings (SSSR count). The molecule has 0 bridgehead atoms. The van der Waals surface area contributed by atoms with E-state index in [1.807, 2.05) is 27.7 Å². The number of benzene rings is 1. The summed E-state index contributed by atoms with van der Waals surface area (Å²) in [6.45, 7) is 16.9. The van der Waals surface area contributed by atoms with Crippen molar-refractivity contribution in [2.75, 3.05) is 13.7 Å². The summed E-state index contributed by atoms with van der Waals surface area (Å²) in [4.78, 5) is 50.4. The monoisotopic (exact) mass is 563 g/mol. The van der Waals surface area contributed by atoms with E-state index in [2.05, 4.69) is 5.32 Å². The smallest absolute Gasteiger partial charge is 0.323 e. The van der Waals surface area contributed by atoms with Crippen molar-refractivity contribution in [1.82, 2.24) is 5.32 Å². The van der Waals surface area contributed by atoms with Crippen LogP contribution in [0.1, 0.15) is 93.6 Å². The number of hydrogen-bond acceptors (Lipinski definition) is 9. The van der Waals surface area contributed by atoms with Crippen molar-refractivity contribution in [1.29, 1.82) is 0 Å². The van der Waals surface area contributed by atoms with Gasteiger partial charge in [-0.2, -0.15) is 0 Å². The first-order valence-corrected chi connectivity index (χ1v) is 14.2. The van der Waals surface area contributed by atoms with E-state index in [4.69, 9.17) is 18.9 Å². The fourth-order valence-corrected chi connectivity index (χ4v) is 3.28. The summed E-state index contributed by atoms with van der Waals surface area (Å²) >= 11 is 0. The molecule has 0 heterocycles. The Labute approximate surface area is 239 Å². The molecule has 2 unspecified atom stereocenters. The SMILES string of the molecule is CCC(C)CC(=O)OC(C)CN[C@@H](Cc1ccc(OC(=O)C(C)(C)CC)c(OC(=O)C(C)(C)CC)c1)C(=O)OC. The van der Waals surface area contributed by atoms with Gasteiger partial charge in [-0.15, -0.1) is 0 Å². The normalized spacial score (nSPS) is 14.1. The third kappa shape index (κ3) is 10.9. The lowest BCUT2D eigenvalue weighted by Crippen LogP contribution is -2.43. The van der Waals surface area contributed by atoms with Gasteiger partial charge in [-0.3, -0.25) is 19.2 Å². The summed E-state index contributed by atoms with van der Waals surface area (Å²) < 4.78 is 21.8. The highest BCUT2D eigenvalue weighted by atomic mass is 16.6. The largest absolute Gasteiger partial charge is 0.468 e. The van der Waals surface area contributed by atoms with Gasteiger partial charge in [0.1, 0.15) is 12.1 Å². The van der Waals surface area contributed by atoms with Crippen LogP contribution in [-0.2, 0) is 35.1 Å². The Kier molecular flexibility index (Phi) is 13.8. The van der Waals surface area contributed by atoms with Gasteiger partial charge in [-0.25, -0.2) is 0 Å². The quantitative estimate of drug-likeness (QED) is 0.208. The first-order valence-electron chi connectivity index (χ1n) is 14.2. The average molecular weight is 564 g/mol. The summed E-state index contributed by atoms with van der Waals surface area (Å²) in [5.74, 6) is -1.23. The Bertz CT molecular complexity index is 1020. The zero-order valence-corrected chi connectivity index (χ0v) is 26.0. The molecule has 0 saturated carbocycles. The highest BCUT2D eigenvalue weighted by Crippen LogP contribution is 2.34. The Morgan fingerprint density at radius 1 is 0.875 bits per heavy atom. The highest BCUT2D eigenvalue weighted by molar-refractivity contribution is 5.81. The topological polar surface area (TPSA) is 117 Å². The van der Waals surface area contributed by atoms with E-state index in [1.54, 1.807) is 52.8 Å². The van der Waals surface area contributed by atoms with E-state index in [1.165, 1.54) is 7.11 Å². The molecule has 0 aliphatic heterocycles. The second-order valence-electron chi connectivity index (χ2n) is 11.7. The van der Waals surface area contributed by atoms with Crippen LogP contribution in [0.3, 0.4) is 0 Å². The van der Waals surface area contributed by atoms with Crippen molar-refractivity contribution in [3.63, 3.8) is 0 Å². The Morgan fingerprint density at radius 3 is 1.93 bits per heavy atom. The molecule has 0 aliphatic rings. The number of carbonyl (C=O) groups excluding carboxylic acids is 4. The number of rotatable bonds is 16. The molecule has 0 spiro atoms. The van der Waals surface area contributed by atoms with Crippen LogP contribution in [0.2, 0.25) is 0 Å². The summed E-state index contributed by atoms with van der Waals surface area (Å²) in [6.07, 6.45) is 2.08. The molecule has 1 N–H and O–H groups in total. The fourth-order valence-electron chi connectivity index (χ4n) is 3.28. The van der Waals surface area contributed by atoms with Gasteiger partial charge in [0.2, 0.25) is 0 Å². The van der Waals surface area contributed by atoms with Crippen molar-refractivity contribution in [3.05, 3.63) is 23.8 Å². The van der Waals surface area contributed by atoms with Crippen LogP contribution in [0.15, 0.2) is 18.2 Å². The number of methoxy groups -OCH3 is 1. The van der Waals surface area contributed by atoms with Crippen LogP contribution in [0.4, 0.5) is 0 Å². The zero-order chi connectivity index (χ0) is 30.7. The number of carbonyl (C=O) groups is 4. The van der Waals surface area contributed by atoms with Crippen LogP contribution in [0.25, 0.3) is 0 Å². The number of ether oxygens (including phenoxy) is 4. The molecule has 0 radical (unpaired) electrons. The van der Waals surface area contributed by atoms with Gasteiger partial charge in [-0.1, -0.05) is 40.2 Å². The number of esters is 4. The summed E-state index contributed by atoms with van der Waals surface area (Å²) in [7, 11) is 1.30. The van der Waals surface area contributed by atoms with Crippen LogP contribution in [0.5, 0.6) is 11.5 Å². The molecule has 0 aromatic heterocycles.